The fraction of sp³-hybridized carbons (Fsp3) is 0.462. The number of hydrogen-bond acceptors (Lipinski definition) is 3. The summed E-state index contributed by atoms with van der Waals surface area (Å²) in [7, 11) is 0. The van der Waals surface area contributed by atoms with Gasteiger partial charge in [-0.3, -0.25) is 4.79 Å². The molecule has 1 aliphatic heterocycles. The van der Waals surface area contributed by atoms with E-state index in [-0.39, 0.29) is 19.0 Å². The summed E-state index contributed by atoms with van der Waals surface area (Å²) in [5.74, 6) is -0.127. The average molecular weight is 235 g/mol. The zero-order chi connectivity index (χ0) is 12.6. The summed E-state index contributed by atoms with van der Waals surface area (Å²) in [6.07, 6.45) is -1.66. The molecule has 4 heteroatoms. The molecular weight excluding hydrogens is 218 g/mol. The molecule has 0 unspecified atom stereocenters. The van der Waals surface area contributed by atoms with Crippen LogP contribution in [0.3, 0.4) is 0 Å². The van der Waals surface area contributed by atoms with Crippen LogP contribution >= 0.6 is 0 Å². The Kier molecular flexibility index (Phi) is 3.17. The van der Waals surface area contributed by atoms with Crippen LogP contribution < -0.4 is 0 Å². The fourth-order valence-corrected chi connectivity index (χ4v) is 2.16. The normalized spacial score (nSPS) is 24.1. The van der Waals surface area contributed by atoms with Crippen molar-refractivity contribution in [2.24, 2.45) is 0 Å². The molecule has 0 aliphatic carbocycles. The zero-order valence-electron chi connectivity index (χ0n) is 10.1. The molecule has 0 spiro atoms. The van der Waals surface area contributed by atoms with Crippen molar-refractivity contribution in [3.05, 3.63) is 34.9 Å². The Morgan fingerprint density at radius 2 is 1.82 bits per heavy atom. The predicted molar refractivity (Wildman–Crippen MR) is 63.8 cm³/mol. The molecule has 92 valence electrons. The Morgan fingerprint density at radius 3 is 2.35 bits per heavy atom. The van der Waals surface area contributed by atoms with Gasteiger partial charge in [0.2, 0.25) is 0 Å². The van der Waals surface area contributed by atoms with E-state index in [9.17, 15) is 15.0 Å². The van der Waals surface area contributed by atoms with Crippen LogP contribution in [0.25, 0.3) is 0 Å². The van der Waals surface area contributed by atoms with Crippen LogP contribution in [0, 0.1) is 13.8 Å². The van der Waals surface area contributed by atoms with E-state index in [1.165, 1.54) is 4.90 Å². The monoisotopic (exact) mass is 235 g/mol. The number of likely N-dealkylation sites (tertiary alicyclic amines) is 1. The minimum absolute atomic E-state index is 0.127. The average Bonchev–Trinajstić information content (AvgIpc) is 2.58. The van der Waals surface area contributed by atoms with Crippen molar-refractivity contribution >= 4 is 5.91 Å². The number of carbonyl (C=O) groups is 1. The highest BCUT2D eigenvalue weighted by Gasteiger charge is 2.33. The van der Waals surface area contributed by atoms with E-state index in [2.05, 4.69) is 0 Å². The van der Waals surface area contributed by atoms with Gasteiger partial charge in [-0.2, -0.15) is 0 Å². The van der Waals surface area contributed by atoms with Gasteiger partial charge in [-0.05, 0) is 25.5 Å². The topological polar surface area (TPSA) is 60.8 Å². The molecule has 4 nitrogen and oxygen atoms in total. The summed E-state index contributed by atoms with van der Waals surface area (Å²) in [6, 6.07) is 5.64. The predicted octanol–water partition coefficient (Wildman–Crippen LogP) is 0.481. The first kappa shape index (κ1) is 12.1. The molecule has 1 heterocycles. The second-order valence-corrected chi connectivity index (χ2v) is 4.66. The van der Waals surface area contributed by atoms with E-state index in [0.29, 0.717) is 5.56 Å². The number of benzene rings is 1. The largest absolute Gasteiger partial charge is 0.388 e. The van der Waals surface area contributed by atoms with E-state index >= 15 is 0 Å². The van der Waals surface area contributed by atoms with Crippen molar-refractivity contribution in [3.8, 4) is 0 Å². The van der Waals surface area contributed by atoms with Gasteiger partial charge in [0, 0.05) is 18.7 Å². The molecule has 0 saturated carbocycles. The molecule has 1 saturated heterocycles. The van der Waals surface area contributed by atoms with Crippen LogP contribution in [0.2, 0.25) is 0 Å². The number of aliphatic hydroxyl groups is 2. The number of rotatable bonds is 1. The quantitative estimate of drug-likeness (QED) is 0.744. The van der Waals surface area contributed by atoms with E-state index in [4.69, 9.17) is 0 Å². The molecule has 1 aromatic carbocycles. The third-order valence-corrected chi connectivity index (χ3v) is 3.16. The molecule has 2 N–H and O–H groups in total. The molecule has 1 fully saturated rings. The molecule has 2 rings (SSSR count). The van der Waals surface area contributed by atoms with Crippen LogP contribution in [0.15, 0.2) is 18.2 Å². The van der Waals surface area contributed by atoms with Gasteiger partial charge in [-0.25, -0.2) is 0 Å². The lowest BCUT2D eigenvalue weighted by Crippen LogP contribution is -2.30. The van der Waals surface area contributed by atoms with E-state index in [1.54, 1.807) is 6.07 Å². The van der Waals surface area contributed by atoms with Crippen molar-refractivity contribution in [2.45, 2.75) is 26.1 Å². The van der Waals surface area contributed by atoms with E-state index in [0.717, 1.165) is 11.1 Å². The summed E-state index contributed by atoms with van der Waals surface area (Å²) in [5, 5.41) is 18.9. The number of aliphatic hydroxyl groups excluding tert-OH is 2. The molecule has 0 bridgehead atoms. The maximum Gasteiger partial charge on any atom is 0.254 e. The summed E-state index contributed by atoms with van der Waals surface area (Å²) >= 11 is 0. The van der Waals surface area contributed by atoms with Gasteiger partial charge in [0.05, 0.1) is 12.2 Å². The zero-order valence-corrected chi connectivity index (χ0v) is 10.1. The summed E-state index contributed by atoms with van der Waals surface area (Å²) in [5.41, 5.74) is 2.67. The van der Waals surface area contributed by atoms with Gasteiger partial charge in [0.15, 0.2) is 0 Å². The van der Waals surface area contributed by atoms with Gasteiger partial charge in [0.1, 0.15) is 0 Å². The number of carbonyl (C=O) groups excluding carboxylic acids is 1. The van der Waals surface area contributed by atoms with Crippen molar-refractivity contribution < 1.29 is 15.0 Å². The maximum atomic E-state index is 12.2. The minimum Gasteiger partial charge on any atom is -0.388 e. The number of aryl methyl sites for hydroxylation is 2. The molecule has 17 heavy (non-hydrogen) atoms. The molecular formula is C13H17NO3. The highest BCUT2D eigenvalue weighted by molar-refractivity contribution is 5.96. The van der Waals surface area contributed by atoms with Crippen LogP contribution in [0.4, 0.5) is 0 Å². The Hall–Kier alpha value is -1.39. The molecule has 1 amide bonds. The van der Waals surface area contributed by atoms with Gasteiger partial charge in [0.25, 0.3) is 5.91 Å². The fourth-order valence-electron chi connectivity index (χ4n) is 2.16. The Balaban J connectivity index is 2.20. The Morgan fingerprint density at radius 1 is 1.24 bits per heavy atom. The lowest BCUT2D eigenvalue weighted by atomic mass is 10.0. The first-order valence-electron chi connectivity index (χ1n) is 5.71. The van der Waals surface area contributed by atoms with E-state index in [1.807, 2.05) is 26.0 Å². The third-order valence-electron chi connectivity index (χ3n) is 3.16. The summed E-state index contributed by atoms with van der Waals surface area (Å²) in [4.78, 5) is 13.7. The van der Waals surface area contributed by atoms with Crippen LogP contribution in [0.1, 0.15) is 21.5 Å². The minimum atomic E-state index is -0.829. The standard InChI is InChI=1S/C13H17NO3/c1-8-3-4-10(9(2)5-8)13(17)14-6-11(15)12(16)7-14/h3-5,11-12,15-16H,6-7H2,1-2H3/t11-,12+. The second kappa shape index (κ2) is 4.47. The van der Waals surface area contributed by atoms with Gasteiger partial charge in [-0.1, -0.05) is 17.7 Å². The van der Waals surface area contributed by atoms with Gasteiger partial charge < -0.3 is 15.1 Å². The molecule has 2 atom stereocenters. The molecule has 0 aromatic heterocycles. The Bertz CT molecular complexity index is 434. The van der Waals surface area contributed by atoms with Gasteiger partial charge >= 0.3 is 0 Å². The van der Waals surface area contributed by atoms with Crippen LogP contribution in [0.5, 0.6) is 0 Å². The summed E-state index contributed by atoms with van der Waals surface area (Å²) < 4.78 is 0. The Labute approximate surface area is 100 Å². The van der Waals surface area contributed by atoms with Crippen molar-refractivity contribution in [1.82, 2.24) is 4.90 Å². The number of β-amino-alcohol motifs (C(OH)–C–C–N with tert-alkyl or cyclic N) is 2. The molecule has 0 radical (unpaired) electrons. The second-order valence-electron chi connectivity index (χ2n) is 4.66. The number of hydrogen-bond donors (Lipinski definition) is 2. The van der Waals surface area contributed by atoms with Crippen LogP contribution in [-0.4, -0.2) is 46.3 Å². The van der Waals surface area contributed by atoms with Crippen molar-refractivity contribution in [3.63, 3.8) is 0 Å². The lowest BCUT2D eigenvalue weighted by molar-refractivity contribution is 0.0572. The highest BCUT2D eigenvalue weighted by Crippen LogP contribution is 2.17. The van der Waals surface area contributed by atoms with E-state index < -0.39 is 12.2 Å². The van der Waals surface area contributed by atoms with Gasteiger partial charge in [-0.15, -0.1) is 0 Å². The first-order chi connectivity index (χ1) is 7.99. The lowest BCUT2D eigenvalue weighted by Gasteiger charge is -2.17. The smallest absolute Gasteiger partial charge is 0.254 e. The van der Waals surface area contributed by atoms with Crippen molar-refractivity contribution in [2.75, 3.05) is 13.1 Å². The SMILES string of the molecule is Cc1ccc(C(=O)N2C[C@@H](O)[C@@H](O)C2)c(C)c1. The van der Waals surface area contributed by atoms with Crippen LogP contribution in [-0.2, 0) is 0 Å². The molecule has 1 aliphatic rings. The molecule has 1 aromatic rings. The third kappa shape index (κ3) is 2.33. The first-order valence-corrected chi connectivity index (χ1v) is 5.71. The highest BCUT2D eigenvalue weighted by atomic mass is 16.3. The maximum absolute atomic E-state index is 12.2. The number of amides is 1. The van der Waals surface area contributed by atoms with Crippen molar-refractivity contribution in [1.29, 1.82) is 0 Å². The number of nitrogens with zero attached hydrogens (tertiary/aromatic N) is 1. The summed E-state index contributed by atoms with van der Waals surface area (Å²) in [6.45, 7) is 4.27.